The summed E-state index contributed by atoms with van der Waals surface area (Å²) in [6.07, 6.45) is 0.891. The van der Waals surface area contributed by atoms with Crippen LogP contribution in [0.25, 0.3) is 0 Å². The Morgan fingerprint density at radius 1 is 1.20 bits per heavy atom. The van der Waals surface area contributed by atoms with Crippen LogP contribution in [0.4, 0.5) is 5.95 Å². The van der Waals surface area contributed by atoms with E-state index in [2.05, 4.69) is 10.2 Å². The summed E-state index contributed by atoms with van der Waals surface area (Å²) in [4.78, 5) is 15.1. The van der Waals surface area contributed by atoms with Crippen LogP contribution >= 0.6 is 34.7 Å². The number of thioether (sulfide) groups is 1. The van der Waals surface area contributed by atoms with Gasteiger partial charge in [-0.2, -0.15) is 0 Å². The van der Waals surface area contributed by atoms with Gasteiger partial charge in [0.15, 0.2) is 5.16 Å². The molecule has 0 atom stereocenters. The number of carbonyl (C=O) groups is 1. The predicted molar refractivity (Wildman–Crippen MR) is 102 cm³/mol. The topological polar surface area (TPSA) is 51.0 Å². The van der Waals surface area contributed by atoms with Crippen molar-refractivity contribution >= 4 is 46.6 Å². The first kappa shape index (κ1) is 16.6. The fourth-order valence-electron chi connectivity index (χ4n) is 2.75. The molecular weight excluding hydrogens is 376 g/mol. The number of rotatable bonds is 4. The Morgan fingerprint density at radius 2 is 2.08 bits per heavy atom. The molecule has 1 amide bonds. The smallest absolute Gasteiger partial charge is 0.270 e. The lowest BCUT2D eigenvalue weighted by molar-refractivity contribution is 0.0984. The van der Waals surface area contributed by atoms with Crippen LogP contribution in [0.15, 0.2) is 46.9 Å². The molecule has 0 aliphatic carbocycles. The van der Waals surface area contributed by atoms with Gasteiger partial charge in [-0.3, -0.25) is 14.3 Å². The first-order valence-electron chi connectivity index (χ1n) is 7.89. The third kappa shape index (κ3) is 3.31. The molecule has 0 spiro atoms. The molecule has 0 N–H and O–H groups in total. The number of hydrogen-bond donors (Lipinski definition) is 0. The maximum absolute atomic E-state index is 12.7. The second-order valence-electron chi connectivity index (χ2n) is 5.60. The molecule has 0 unspecified atom stereocenters. The molecule has 2 aromatic heterocycles. The number of thiophene rings is 1. The molecular formula is C17H15ClN4OS2. The Morgan fingerprint density at radius 3 is 2.88 bits per heavy atom. The third-order valence-electron chi connectivity index (χ3n) is 3.99. The van der Waals surface area contributed by atoms with Crippen molar-refractivity contribution in [3.05, 3.63) is 57.2 Å². The second kappa shape index (κ2) is 7.19. The van der Waals surface area contributed by atoms with Crippen LogP contribution < -0.4 is 4.90 Å². The van der Waals surface area contributed by atoms with Crippen LogP contribution in [-0.2, 0) is 12.3 Å². The molecule has 0 radical (unpaired) electrons. The second-order valence-corrected chi connectivity index (χ2v) is 7.90. The molecule has 3 aromatic rings. The van der Waals surface area contributed by atoms with Gasteiger partial charge in [0.05, 0.1) is 4.88 Å². The standard InChI is InChI=1S/C17H15ClN4OS2/c18-13-6-2-1-5-12(13)11-25-17-20-19-16-21(8-4-9-22(16)17)15(23)14-7-3-10-24-14/h1-3,5-7,10H,4,8-9,11H2. The van der Waals surface area contributed by atoms with E-state index in [1.165, 1.54) is 11.3 Å². The van der Waals surface area contributed by atoms with Crippen molar-refractivity contribution in [2.45, 2.75) is 23.9 Å². The third-order valence-corrected chi connectivity index (χ3v) is 6.24. The number of anilines is 1. The number of hydrogen-bond acceptors (Lipinski definition) is 5. The average molecular weight is 391 g/mol. The highest BCUT2D eigenvalue weighted by Gasteiger charge is 2.28. The number of carbonyl (C=O) groups excluding carboxylic acids is 1. The molecule has 128 valence electrons. The molecule has 25 heavy (non-hydrogen) atoms. The Hall–Kier alpha value is -1.83. The van der Waals surface area contributed by atoms with Crippen LogP contribution in [0.3, 0.4) is 0 Å². The van der Waals surface area contributed by atoms with E-state index in [4.69, 9.17) is 11.6 Å². The first-order chi connectivity index (χ1) is 12.2. The van der Waals surface area contributed by atoms with E-state index in [1.54, 1.807) is 16.7 Å². The number of aromatic nitrogens is 3. The largest absolute Gasteiger partial charge is 0.288 e. The summed E-state index contributed by atoms with van der Waals surface area (Å²) in [6, 6.07) is 11.5. The molecule has 1 aliphatic rings. The lowest BCUT2D eigenvalue weighted by Gasteiger charge is -2.26. The van der Waals surface area contributed by atoms with Crippen molar-refractivity contribution in [3.63, 3.8) is 0 Å². The summed E-state index contributed by atoms with van der Waals surface area (Å²) in [7, 11) is 0. The summed E-state index contributed by atoms with van der Waals surface area (Å²) in [5.41, 5.74) is 1.06. The molecule has 0 saturated carbocycles. The minimum absolute atomic E-state index is 0.00833. The zero-order chi connectivity index (χ0) is 17.2. The lowest BCUT2D eigenvalue weighted by atomic mass is 10.2. The number of amides is 1. The minimum atomic E-state index is -0.00833. The average Bonchev–Trinajstić information content (AvgIpc) is 3.30. The summed E-state index contributed by atoms with van der Waals surface area (Å²) in [5, 5.41) is 12.1. The van der Waals surface area contributed by atoms with E-state index in [9.17, 15) is 4.79 Å². The maximum Gasteiger partial charge on any atom is 0.270 e. The SMILES string of the molecule is O=C(c1cccs1)N1CCCn2c(SCc3ccccc3Cl)nnc21. The number of benzene rings is 1. The van der Waals surface area contributed by atoms with Crippen molar-refractivity contribution in [2.24, 2.45) is 0 Å². The van der Waals surface area contributed by atoms with Crippen LogP contribution in [0.2, 0.25) is 5.02 Å². The fraction of sp³-hybridized carbons (Fsp3) is 0.235. The van der Waals surface area contributed by atoms with Gasteiger partial charge in [-0.25, -0.2) is 0 Å². The molecule has 4 rings (SSSR count). The highest BCUT2D eigenvalue weighted by atomic mass is 35.5. The van der Waals surface area contributed by atoms with Crippen LogP contribution in [0, 0.1) is 0 Å². The molecule has 1 aliphatic heterocycles. The van der Waals surface area contributed by atoms with Gasteiger partial charge in [0.1, 0.15) is 0 Å². The zero-order valence-corrected chi connectivity index (χ0v) is 15.7. The van der Waals surface area contributed by atoms with Gasteiger partial charge in [0.2, 0.25) is 5.95 Å². The number of nitrogens with zero attached hydrogens (tertiary/aromatic N) is 4. The highest BCUT2D eigenvalue weighted by Crippen LogP contribution is 2.30. The van der Waals surface area contributed by atoms with Crippen molar-refractivity contribution in [3.8, 4) is 0 Å². The molecule has 3 heterocycles. The summed E-state index contributed by atoms with van der Waals surface area (Å²) < 4.78 is 2.02. The summed E-state index contributed by atoms with van der Waals surface area (Å²) >= 11 is 9.26. The molecule has 8 heteroatoms. The van der Waals surface area contributed by atoms with Gasteiger partial charge in [-0.05, 0) is 29.5 Å². The van der Waals surface area contributed by atoms with Gasteiger partial charge in [0, 0.05) is 23.9 Å². The van der Waals surface area contributed by atoms with Gasteiger partial charge in [-0.15, -0.1) is 21.5 Å². The monoisotopic (exact) mass is 390 g/mol. The minimum Gasteiger partial charge on any atom is -0.288 e. The molecule has 0 saturated heterocycles. The Bertz CT molecular complexity index is 894. The first-order valence-corrected chi connectivity index (χ1v) is 10.1. The lowest BCUT2D eigenvalue weighted by Crippen LogP contribution is -2.37. The highest BCUT2D eigenvalue weighted by molar-refractivity contribution is 7.98. The summed E-state index contributed by atoms with van der Waals surface area (Å²) in [5.74, 6) is 1.34. The van der Waals surface area contributed by atoms with Crippen molar-refractivity contribution < 1.29 is 4.79 Å². The fourth-order valence-corrected chi connectivity index (χ4v) is 4.67. The van der Waals surface area contributed by atoms with Gasteiger partial charge < -0.3 is 0 Å². The van der Waals surface area contributed by atoms with E-state index in [0.717, 1.165) is 39.3 Å². The van der Waals surface area contributed by atoms with Crippen LogP contribution in [0.1, 0.15) is 21.7 Å². The van der Waals surface area contributed by atoms with Gasteiger partial charge in [-0.1, -0.05) is 47.6 Å². The van der Waals surface area contributed by atoms with Gasteiger partial charge in [0.25, 0.3) is 5.91 Å². The summed E-state index contributed by atoms with van der Waals surface area (Å²) in [6.45, 7) is 1.49. The van der Waals surface area contributed by atoms with Gasteiger partial charge >= 0.3 is 0 Å². The number of halogens is 1. The van der Waals surface area contributed by atoms with E-state index >= 15 is 0 Å². The van der Waals surface area contributed by atoms with E-state index in [-0.39, 0.29) is 5.91 Å². The quantitative estimate of drug-likeness (QED) is 0.622. The van der Waals surface area contributed by atoms with E-state index in [1.807, 2.05) is 46.3 Å². The molecule has 0 bridgehead atoms. The predicted octanol–water partition coefficient (Wildman–Crippen LogP) is 4.34. The maximum atomic E-state index is 12.7. The Balaban J connectivity index is 1.55. The Kier molecular flexibility index (Phi) is 4.78. The molecule has 5 nitrogen and oxygen atoms in total. The zero-order valence-electron chi connectivity index (χ0n) is 13.3. The van der Waals surface area contributed by atoms with Crippen LogP contribution in [-0.4, -0.2) is 27.2 Å². The molecule has 1 aromatic carbocycles. The number of fused-ring (bicyclic) bond motifs is 1. The van der Waals surface area contributed by atoms with E-state index < -0.39 is 0 Å². The van der Waals surface area contributed by atoms with Crippen molar-refractivity contribution in [1.82, 2.24) is 14.8 Å². The normalized spacial score (nSPS) is 13.7. The van der Waals surface area contributed by atoms with E-state index in [0.29, 0.717) is 12.5 Å². The van der Waals surface area contributed by atoms with Crippen LogP contribution in [0.5, 0.6) is 0 Å². The van der Waals surface area contributed by atoms with Crippen molar-refractivity contribution in [1.29, 1.82) is 0 Å². The Labute approximate surface area is 158 Å². The van der Waals surface area contributed by atoms with Crippen molar-refractivity contribution in [2.75, 3.05) is 11.4 Å². The molecule has 0 fully saturated rings.